The summed E-state index contributed by atoms with van der Waals surface area (Å²) in [6.45, 7) is 1.01. The Morgan fingerprint density at radius 1 is 1.06 bits per heavy atom. The van der Waals surface area contributed by atoms with Gasteiger partial charge in [0.25, 0.3) is 11.9 Å². The van der Waals surface area contributed by atoms with Gasteiger partial charge >= 0.3 is 12.4 Å². The van der Waals surface area contributed by atoms with Crippen LogP contribution < -0.4 is 0 Å². The average molecular weight is 468 g/mol. The number of terminal acetylenes is 1. The molecule has 3 aromatic rings. The molecule has 0 N–H and O–H groups in total. The SMILES string of the molecule is C#CCN(C(=O)c1cc(C(F)(F)F)cc(C(F)(F)F)c1)[C@@H](C)c1ncnn1-c1ncccn1. The van der Waals surface area contributed by atoms with Crippen molar-refractivity contribution in [1.82, 2.24) is 29.6 Å². The third-order valence-electron chi connectivity index (χ3n) is 4.51. The third kappa shape index (κ3) is 5.11. The molecule has 0 saturated carbocycles. The first kappa shape index (κ1) is 23.7. The summed E-state index contributed by atoms with van der Waals surface area (Å²) in [4.78, 5) is 26.0. The molecule has 0 radical (unpaired) electrons. The molecule has 33 heavy (non-hydrogen) atoms. The van der Waals surface area contributed by atoms with Crippen molar-refractivity contribution in [3.8, 4) is 18.3 Å². The van der Waals surface area contributed by atoms with Crippen LogP contribution in [-0.2, 0) is 12.4 Å². The first-order chi connectivity index (χ1) is 15.4. The van der Waals surface area contributed by atoms with E-state index >= 15 is 0 Å². The summed E-state index contributed by atoms with van der Waals surface area (Å²) in [5, 5.41) is 3.97. The summed E-state index contributed by atoms with van der Waals surface area (Å²) < 4.78 is 80.4. The fraction of sp³-hybridized carbons (Fsp3) is 0.250. The van der Waals surface area contributed by atoms with Crippen molar-refractivity contribution in [1.29, 1.82) is 0 Å². The van der Waals surface area contributed by atoms with E-state index in [9.17, 15) is 31.1 Å². The summed E-state index contributed by atoms with van der Waals surface area (Å²) in [7, 11) is 0. The number of rotatable bonds is 5. The number of carbonyl (C=O) groups excluding carboxylic acids is 1. The Morgan fingerprint density at radius 2 is 1.64 bits per heavy atom. The first-order valence-corrected chi connectivity index (χ1v) is 9.14. The van der Waals surface area contributed by atoms with Gasteiger partial charge in [-0.3, -0.25) is 4.79 Å². The molecule has 0 saturated heterocycles. The topological polar surface area (TPSA) is 76.8 Å². The van der Waals surface area contributed by atoms with E-state index in [1.807, 2.05) is 0 Å². The van der Waals surface area contributed by atoms with Crippen LogP contribution in [0.4, 0.5) is 26.3 Å². The Hall–Kier alpha value is -3.95. The van der Waals surface area contributed by atoms with Gasteiger partial charge in [0.2, 0.25) is 0 Å². The zero-order valence-corrected chi connectivity index (χ0v) is 16.8. The normalized spacial score (nSPS) is 12.8. The second-order valence-electron chi connectivity index (χ2n) is 6.69. The number of hydrogen-bond donors (Lipinski definition) is 0. The second-order valence-corrected chi connectivity index (χ2v) is 6.69. The smallest absolute Gasteiger partial charge is 0.318 e. The quantitative estimate of drug-likeness (QED) is 0.419. The van der Waals surface area contributed by atoms with Gasteiger partial charge in [-0.05, 0) is 31.2 Å². The van der Waals surface area contributed by atoms with Crippen LogP contribution in [0, 0.1) is 12.3 Å². The van der Waals surface area contributed by atoms with Gasteiger partial charge in [0.15, 0.2) is 5.82 Å². The average Bonchev–Trinajstić information content (AvgIpc) is 3.25. The van der Waals surface area contributed by atoms with Crippen molar-refractivity contribution in [3.05, 3.63) is 65.5 Å². The number of nitrogens with zero attached hydrogens (tertiary/aromatic N) is 6. The maximum atomic E-state index is 13.2. The maximum absolute atomic E-state index is 13.2. The van der Waals surface area contributed by atoms with Crippen LogP contribution in [0.2, 0.25) is 0 Å². The lowest BCUT2D eigenvalue weighted by Crippen LogP contribution is -2.36. The highest BCUT2D eigenvalue weighted by Gasteiger charge is 2.38. The van der Waals surface area contributed by atoms with Gasteiger partial charge in [0.05, 0.1) is 23.7 Å². The molecule has 2 heterocycles. The van der Waals surface area contributed by atoms with E-state index in [-0.39, 0.29) is 17.8 Å². The molecular weight excluding hydrogens is 454 g/mol. The number of halogens is 6. The Kier molecular flexibility index (Phi) is 6.39. The molecule has 0 fully saturated rings. The summed E-state index contributed by atoms with van der Waals surface area (Å²) >= 11 is 0. The molecular formula is C20H14F6N6O. The molecule has 2 aromatic heterocycles. The Labute approximate surface area is 183 Å². The molecule has 1 aromatic carbocycles. The highest BCUT2D eigenvalue weighted by Crippen LogP contribution is 2.37. The highest BCUT2D eigenvalue weighted by atomic mass is 19.4. The summed E-state index contributed by atoms with van der Waals surface area (Å²) in [6, 6.07) is 1.17. The lowest BCUT2D eigenvalue weighted by molar-refractivity contribution is -0.143. The van der Waals surface area contributed by atoms with Crippen molar-refractivity contribution in [2.75, 3.05) is 6.54 Å². The van der Waals surface area contributed by atoms with Crippen molar-refractivity contribution in [2.24, 2.45) is 0 Å². The Morgan fingerprint density at radius 3 is 2.15 bits per heavy atom. The van der Waals surface area contributed by atoms with E-state index in [0.717, 1.165) is 11.2 Å². The predicted octanol–water partition coefficient (Wildman–Crippen LogP) is 3.93. The van der Waals surface area contributed by atoms with Crippen molar-refractivity contribution >= 4 is 5.91 Å². The summed E-state index contributed by atoms with van der Waals surface area (Å²) in [6.07, 6.45) is -0.929. The Bertz CT molecular complexity index is 1150. The molecule has 7 nitrogen and oxygen atoms in total. The van der Waals surface area contributed by atoms with E-state index < -0.39 is 47.5 Å². The van der Waals surface area contributed by atoms with Gasteiger partial charge in [-0.25, -0.2) is 15.0 Å². The van der Waals surface area contributed by atoms with Gasteiger partial charge in [-0.1, -0.05) is 5.92 Å². The van der Waals surface area contributed by atoms with E-state index in [1.165, 1.54) is 24.0 Å². The fourth-order valence-electron chi connectivity index (χ4n) is 2.96. The van der Waals surface area contributed by atoms with Crippen LogP contribution >= 0.6 is 0 Å². The number of hydrogen-bond acceptors (Lipinski definition) is 5. The lowest BCUT2D eigenvalue weighted by Gasteiger charge is -2.27. The molecule has 0 aliphatic heterocycles. The van der Waals surface area contributed by atoms with Crippen molar-refractivity contribution in [3.63, 3.8) is 0 Å². The molecule has 172 valence electrons. The van der Waals surface area contributed by atoms with Crippen LogP contribution in [0.1, 0.15) is 40.3 Å². The van der Waals surface area contributed by atoms with Crippen LogP contribution in [0.25, 0.3) is 5.95 Å². The molecule has 0 spiro atoms. The minimum Gasteiger partial charge on any atom is -0.318 e. The molecule has 0 aliphatic rings. The van der Waals surface area contributed by atoms with Gasteiger partial charge < -0.3 is 4.90 Å². The van der Waals surface area contributed by atoms with Gasteiger partial charge in [-0.15, -0.1) is 6.42 Å². The maximum Gasteiger partial charge on any atom is 0.416 e. The lowest BCUT2D eigenvalue weighted by atomic mass is 10.0. The molecule has 0 bridgehead atoms. The van der Waals surface area contributed by atoms with Gasteiger partial charge in [0.1, 0.15) is 6.33 Å². The highest BCUT2D eigenvalue weighted by molar-refractivity contribution is 5.95. The molecule has 0 aliphatic carbocycles. The predicted molar refractivity (Wildman–Crippen MR) is 102 cm³/mol. The molecule has 3 rings (SSSR count). The fourth-order valence-corrected chi connectivity index (χ4v) is 2.96. The van der Waals surface area contributed by atoms with E-state index in [0.29, 0.717) is 12.1 Å². The number of alkyl halides is 6. The molecule has 1 amide bonds. The minimum atomic E-state index is -5.11. The van der Waals surface area contributed by atoms with E-state index in [4.69, 9.17) is 6.42 Å². The zero-order valence-electron chi connectivity index (χ0n) is 16.8. The van der Waals surface area contributed by atoms with Crippen molar-refractivity contribution in [2.45, 2.75) is 25.3 Å². The molecule has 13 heteroatoms. The monoisotopic (exact) mass is 468 g/mol. The number of carbonyl (C=O) groups is 1. The van der Waals surface area contributed by atoms with E-state index in [1.54, 1.807) is 6.07 Å². The van der Waals surface area contributed by atoms with Gasteiger partial charge in [-0.2, -0.15) is 36.1 Å². The zero-order chi connectivity index (χ0) is 24.4. The minimum absolute atomic E-state index is 0.0604. The Balaban J connectivity index is 2.06. The van der Waals surface area contributed by atoms with Gasteiger partial charge in [0, 0.05) is 18.0 Å². The summed E-state index contributed by atoms with van der Waals surface area (Å²) in [5.41, 5.74) is -4.06. The molecule has 1 atom stereocenters. The molecule has 0 unspecified atom stereocenters. The third-order valence-corrected chi connectivity index (χ3v) is 4.51. The number of amides is 1. The second kappa shape index (κ2) is 8.89. The van der Waals surface area contributed by atoms with Crippen LogP contribution in [-0.4, -0.2) is 42.1 Å². The number of benzene rings is 1. The number of aromatic nitrogens is 5. The van der Waals surface area contributed by atoms with Crippen LogP contribution in [0.5, 0.6) is 0 Å². The standard InChI is InChI=1S/C20H14F6N6O/c1-3-7-31(12(2)16-29-11-30-32(16)18-27-5-4-6-28-18)17(33)13-8-14(19(21,22)23)10-15(9-13)20(24,25)26/h1,4-6,8-12H,7H2,2H3/t12-/m0/s1. The van der Waals surface area contributed by atoms with Crippen LogP contribution in [0.3, 0.4) is 0 Å². The first-order valence-electron chi connectivity index (χ1n) is 9.14. The van der Waals surface area contributed by atoms with Crippen molar-refractivity contribution < 1.29 is 31.1 Å². The van der Waals surface area contributed by atoms with E-state index in [2.05, 4.69) is 26.0 Å². The van der Waals surface area contributed by atoms with Crippen LogP contribution in [0.15, 0.2) is 43.0 Å². The largest absolute Gasteiger partial charge is 0.416 e. The summed E-state index contributed by atoms with van der Waals surface area (Å²) in [5.74, 6) is 1.21.